The quantitative estimate of drug-likeness (QED) is 0.542. The van der Waals surface area contributed by atoms with Crippen molar-refractivity contribution in [2.75, 3.05) is 53.5 Å². The molecule has 168 valence electrons. The average molecular weight is 418 g/mol. The molecule has 6 heteroatoms. The molecule has 6 nitrogen and oxygen atoms in total. The van der Waals surface area contributed by atoms with E-state index < -0.39 is 0 Å². The normalized spacial score (nSPS) is 19.3. The molecule has 0 spiro atoms. The number of aryl methyl sites for hydroxylation is 1. The molecule has 1 aliphatic carbocycles. The van der Waals surface area contributed by atoms with E-state index in [0.29, 0.717) is 12.3 Å². The van der Waals surface area contributed by atoms with Crippen molar-refractivity contribution in [3.8, 4) is 11.5 Å². The summed E-state index contributed by atoms with van der Waals surface area (Å²) in [4.78, 5) is 14.0. The topological polar surface area (TPSA) is 62.8 Å². The first-order chi connectivity index (χ1) is 14.7. The maximum atomic E-state index is 12.0. The molecule has 30 heavy (non-hydrogen) atoms. The predicted octanol–water partition coefficient (Wildman–Crippen LogP) is 2.78. The van der Waals surface area contributed by atoms with Gasteiger partial charge in [-0.15, -0.1) is 0 Å². The summed E-state index contributed by atoms with van der Waals surface area (Å²) < 4.78 is 10.9. The zero-order valence-corrected chi connectivity index (χ0v) is 18.8. The van der Waals surface area contributed by atoms with Crippen molar-refractivity contribution in [3.63, 3.8) is 0 Å². The lowest BCUT2D eigenvalue weighted by Gasteiger charge is -2.26. The number of unbranched alkanes of at least 4 members (excludes halogenated alkanes) is 1. The van der Waals surface area contributed by atoms with Crippen LogP contribution in [0.5, 0.6) is 11.5 Å². The summed E-state index contributed by atoms with van der Waals surface area (Å²) >= 11 is 0. The lowest BCUT2D eigenvalue weighted by Crippen LogP contribution is -2.33. The van der Waals surface area contributed by atoms with E-state index in [2.05, 4.69) is 22.8 Å². The van der Waals surface area contributed by atoms with Crippen LogP contribution in [0.15, 0.2) is 12.1 Å². The smallest absolute Gasteiger partial charge is 0.223 e. The fraction of sp³-hybridized carbons (Fsp3) is 0.708. The second kappa shape index (κ2) is 12.2. The van der Waals surface area contributed by atoms with Gasteiger partial charge in [-0.25, -0.2) is 0 Å². The van der Waals surface area contributed by atoms with Crippen molar-refractivity contribution >= 4 is 5.91 Å². The van der Waals surface area contributed by atoms with Gasteiger partial charge in [0.15, 0.2) is 11.5 Å². The molecule has 0 saturated carbocycles. The number of benzene rings is 1. The number of nitrogens with zero attached hydrogens (tertiary/aromatic N) is 1. The van der Waals surface area contributed by atoms with E-state index in [1.807, 2.05) is 4.90 Å². The summed E-state index contributed by atoms with van der Waals surface area (Å²) in [5.41, 5.74) is 2.84. The molecule has 1 aromatic rings. The number of methoxy groups -OCH3 is 2. The van der Waals surface area contributed by atoms with Crippen LogP contribution < -0.4 is 20.1 Å². The number of carbonyl (C=O) groups excluding carboxylic acids is 1. The van der Waals surface area contributed by atoms with Crippen molar-refractivity contribution in [2.24, 2.45) is 5.92 Å². The summed E-state index contributed by atoms with van der Waals surface area (Å²) in [6.07, 6.45) is 8.91. The standard InChI is InChI=1S/C24H39N3O3/c1-29-22-17-20-8-7-19(16-21(20)18-23(22)30-2)6-5-11-25-10-3-4-14-27-15-13-26-12-9-24(27)28/h17-19,25-26H,3-16H2,1-2H3. The highest BCUT2D eigenvalue weighted by atomic mass is 16.5. The van der Waals surface area contributed by atoms with Gasteiger partial charge in [0.25, 0.3) is 0 Å². The van der Waals surface area contributed by atoms with Crippen LogP contribution in [-0.2, 0) is 17.6 Å². The summed E-state index contributed by atoms with van der Waals surface area (Å²) in [7, 11) is 3.41. The lowest BCUT2D eigenvalue weighted by atomic mass is 9.81. The van der Waals surface area contributed by atoms with Crippen LogP contribution in [0.25, 0.3) is 0 Å². The molecule has 1 amide bonds. The number of amides is 1. The average Bonchev–Trinajstić information content (AvgIpc) is 2.98. The molecular formula is C24H39N3O3. The Balaban J connectivity index is 1.27. The molecule has 1 fully saturated rings. The zero-order chi connectivity index (χ0) is 21.2. The Bertz CT molecular complexity index is 680. The van der Waals surface area contributed by atoms with Gasteiger partial charge >= 0.3 is 0 Å². The summed E-state index contributed by atoms with van der Waals surface area (Å²) in [6.45, 7) is 5.64. The van der Waals surface area contributed by atoms with E-state index in [1.54, 1.807) is 14.2 Å². The minimum atomic E-state index is 0.304. The fourth-order valence-corrected chi connectivity index (χ4v) is 4.65. The molecule has 2 aliphatic rings. The van der Waals surface area contributed by atoms with Crippen LogP contribution in [0.3, 0.4) is 0 Å². The number of nitrogens with one attached hydrogen (secondary N) is 2. The minimum Gasteiger partial charge on any atom is -0.493 e. The monoisotopic (exact) mass is 417 g/mol. The van der Waals surface area contributed by atoms with Crippen LogP contribution in [0.1, 0.15) is 49.7 Å². The van der Waals surface area contributed by atoms with E-state index in [4.69, 9.17) is 9.47 Å². The van der Waals surface area contributed by atoms with Crippen LogP contribution >= 0.6 is 0 Å². The second-order valence-electron chi connectivity index (χ2n) is 8.56. The molecule has 1 aliphatic heterocycles. The van der Waals surface area contributed by atoms with Crippen molar-refractivity contribution in [1.82, 2.24) is 15.5 Å². The third kappa shape index (κ3) is 6.61. The molecular weight excluding hydrogens is 378 g/mol. The van der Waals surface area contributed by atoms with Gasteiger partial charge in [0, 0.05) is 32.6 Å². The Labute approximate surface area is 181 Å². The molecule has 2 N–H and O–H groups in total. The van der Waals surface area contributed by atoms with Gasteiger partial charge in [-0.3, -0.25) is 4.79 Å². The Morgan fingerprint density at radius 2 is 1.80 bits per heavy atom. The summed E-state index contributed by atoms with van der Waals surface area (Å²) in [5, 5.41) is 6.88. The third-order valence-electron chi connectivity index (χ3n) is 6.46. The number of fused-ring (bicyclic) bond motifs is 1. The Morgan fingerprint density at radius 3 is 2.60 bits per heavy atom. The maximum absolute atomic E-state index is 12.0. The zero-order valence-electron chi connectivity index (χ0n) is 18.8. The molecule has 1 heterocycles. The van der Waals surface area contributed by atoms with Crippen molar-refractivity contribution in [1.29, 1.82) is 0 Å². The van der Waals surface area contributed by atoms with Gasteiger partial charge in [-0.1, -0.05) is 0 Å². The van der Waals surface area contributed by atoms with E-state index in [9.17, 15) is 4.79 Å². The SMILES string of the molecule is COc1cc2c(cc1OC)CC(CCCNCCCCN1CCNCCC1=O)CC2. The van der Waals surface area contributed by atoms with Gasteiger partial charge in [0.2, 0.25) is 5.91 Å². The highest BCUT2D eigenvalue weighted by molar-refractivity contribution is 5.76. The lowest BCUT2D eigenvalue weighted by molar-refractivity contribution is -0.130. The van der Waals surface area contributed by atoms with Gasteiger partial charge in [-0.2, -0.15) is 0 Å². The number of hydrogen-bond acceptors (Lipinski definition) is 5. The van der Waals surface area contributed by atoms with Crippen LogP contribution in [0.4, 0.5) is 0 Å². The van der Waals surface area contributed by atoms with Crippen LogP contribution in [0, 0.1) is 5.92 Å². The van der Waals surface area contributed by atoms with E-state index >= 15 is 0 Å². The van der Waals surface area contributed by atoms with E-state index in [1.165, 1.54) is 30.4 Å². The largest absolute Gasteiger partial charge is 0.493 e. The highest BCUT2D eigenvalue weighted by Gasteiger charge is 2.21. The summed E-state index contributed by atoms with van der Waals surface area (Å²) in [6, 6.07) is 4.32. The molecule has 0 bridgehead atoms. The molecule has 1 unspecified atom stereocenters. The first-order valence-corrected chi connectivity index (χ1v) is 11.6. The molecule has 1 atom stereocenters. The van der Waals surface area contributed by atoms with Crippen molar-refractivity contribution in [3.05, 3.63) is 23.3 Å². The predicted molar refractivity (Wildman–Crippen MR) is 120 cm³/mol. The molecule has 1 saturated heterocycles. The highest BCUT2D eigenvalue weighted by Crippen LogP contribution is 2.36. The van der Waals surface area contributed by atoms with E-state index in [-0.39, 0.29) is 0 Å². The second-order valence-corrected chi connectivity index (χ2v) is 8.56. The third-order valence-corrected chi connectivity index (χ3v) is 6.46. The number of rotatable bonds is 11. The first kappa shape index (κ1) is 22.9. The van der Waals surface area contributed by atoms with Gasteiger partial charge in [0.05, 0.1) is 14.2 Å². The van der Waals surface area contributed by atoms with Crippen LogP contribution in [0.2, 0.25) is 0 Å². The van der Waals surface area contributed by atoms with E-state index in [0.717, 1.165) is 82.4 Å². The number of carbonyl (C=O) groups is 1. The van der Waals surface area contributed by atoms with Gasteiger partial charge < -0.3 is 25.0 Å². The van der Waals surface area contributed by atoms with Crippen LogP contribution in [-0.4, -0.2) is 64.3 Å². The Morgan fingerprint density at radius 1 is 1.03 bits per heavy atom. The van der Waals surface area contributed by atoms with Gasteiger partial charge in [0.1, 0.15) is 0 Å². The van der Waals surface area contributed by atoms with Crippen molar-refractivity contribution < 1.29 is 14.3 Å². The van der Waals surface area contributed by atoms with Gasteiger partial charge in [-0.05, 0) is 87.2 Å². The van der Waals surface area contributed by atoms with Crippen molar-refractivity contribution in [2.45, 2.75) is 51.4 Å². The number of hydrogen-bond donors (Lipinski definition) is 2. The molecule has 0 radical (unpaired) electrons. The fourth-order valence-electron chi connectivity index (χ4n) is 4.65. The Hall–Kier alpha value is -1.79. The minimum absolute atomic E-state index is 0.304. The summed E-state index contributed by atoms with van der Waals surface area (Å²) in [5.74, 6) is 2.76. The molecule has 3 rings (SSSR count). The number of ether oxygens (including phenoxy) is 2. The molecule has 1 aromatic carbocycles. The first-order valence-electron chi connectivity index (χ1n) is 11.6. The molecule has 0 aromatic heterocycles. The maximum Gasteiger partial charge on any atom is 0.223 e. The Kier molecular flexibility index (Phi) is 9.27.